The Morgan fingerprint density at radius 1 is 1.16 bits per heavy atom. The number of furan rings is 1. The number of rotatable bonds is 6. The van der Waals surface area contributed by atoms with Crippen molar-refractivity contribution in [2.75, 3.05) is 13.7 Å². The van der Waals surface area contributed by atoms with Crippen molar-refractivity contribution in [2.45, 2.75) is 20.0 Å². The lowest BCUT2D eigenvalue weighted by Gasteiger charge is -2.14. The fraction of sp³-hybridized carbons (Fsp3) is 0.250. The van der Waals surface area contributed by atoms with Gasteiger partial charge in [0.1, 0.15) is 24.5 Å². The monoisotopic (exact) mass is 342 g/mol. The van der Waals surface area contributed by atoms with Crippen LogP contribution in [0.3, 0.4) is 0 Å². The van der Waals surface area contributed by atoms with Crippen LogP contribution in [0, 0.1) is 5.82 Å². The molecule has 0 amide bonds. The number of benzene rings is 2. The molecule has 25 heavy (non-hydrogen) atoms. The van der Waals surface area contributed by atoms with Gasteiger partial charge in [0, 0.05) is 10.9 Å². The largest absolute Gasteiger partial charge is 0.460 e. The molecule has 1 atom stereocenters. The zero-order valence-corrected chi connectivity index (χ0v) is 14.3. The smallest absolute Gasteiger partial charge is 0.374 e. The van der Waals surface area contributed by atoms with E-state index in [1.165, 1.54) is 12.1 Å². The summed E-state index contributed by atoms with van der Waals surface area (Å²) in [4.78, 5) is 13.4. The number of fused-ring (bicyclic) bond motifs is 1. The summed E-state index contributed by atoms with van der Waals surface area (Å²) in [6, 6.07) is 14.1. The van der Waals surface area contributed by atoms with E-state index in [4.69, 9.17) is 9.15 Å². The normalized spacial score (nSPS) is 12.3. The van der Waals surface area contributed by atoms with E-state index in [2.05, 4.69) is 0 Å². The Labute approximate surface area is 145 Å². The topological polar surface area (TPSA) is 43.9 Å². The van der Waals surface area contributed by atoms with E-state index in [1.807, 2.05) is 37.4 Å². The van der Waals surface area contributed by atoms with Gasteiger partial charge in [-0.3, -0.25) is 0 Å². The molecule has 0 bridgehead atoms. The standard InChI is InChI=1S/C20H20FNO3/c1-3-24-20(23)19-17(16-9-4-5-10-18(16)25-19)13-22(2)12-14-7-6-8-15(21)11-14/h4-11H,3,12-13H2,1-2H3/p+1. The molecule has 2 aromatic carbocycles. The second-order valence-corrected chi connectivity index (χ2v) is 6.07. The van der Waals surface area contributed by atoms with Crippen molar-refractivity contribution >= 4 is 16.9 Å². The summed E-state index contributed by atoms with van der Waals surface area (Å²) in [7, 11) is 2.00. The molecule has 0 radical (unpaired) electrons. The van der Waals surface area contributed by atoms with Crippen LogP contribution in [0.2, 0.25) is 0 Å². The maximum atomic E-state index is 13.4. The molecule has 1 heterocycles. The second kappa shape index (κ2) is 7.49. The number of hydrogen-bond acceptors (Lipinski definition) is 3. The Morgan fingerprint density at radius 2 is 1.96 bits per heavy atom. The van der Waals surface area contributed by atoms with Crippen molar-refractivity contribution in [2.24, 2.45) is 0 Å². The highest BCUT2D eigenvalue weighted by Crippen LogP contribution is 2.26. The van der Waals surface area contributed by atoms with Crippen LogP contribution >= 0.6 is 0 Å². The van der Waals surface area contributed by atoms with E-state index in [0.717, 1.165) is 21.4 Å². The maximum Gasteiger partial charge on any atom is 0.374 e. The molecule has 5 heteroatoms. The third-order valence-electron chi connectivity index (χ3n) is 4.03. The van der Waals surface area contributed by atoms with E-state index >= 15 is 0 Å². The van der Waals surface area contributed by atoms with Gasteiger partial charge in [-0.2, -0.15) is 0 Å². The van der Waals surface area contributed by atoms with E-state index in [-0.39, 0.29) is 11.6 Å². The Bertz CT molecular complexity index is 888. The molecule has 0 saturated heterocycles. The number of ether oxygens (including phenoxy) is 1. The van der Waals surface area contributed by atoms with Crippen LogP contribution in [-0.2, 0) is 17.8 Å². The fourth-order valence-electron chi connectivity index (χ4n) is 3.00. The summed E-state index contributed by atoms with van der Waals surface area (Å²) in [5, 5.41) is 0.907. The van der Waals surface area contributed by atoms with Crippen molar-refractivity contribution in [1.82, 2.24) is 0 Å². The summed E-state index contributed by atoms with van der Waals surface area (Å²) in [5.74, 6) is -0.444. The summed E-state index contributed by atoms with van der Waals surface area (Å²) in [5.41, 5.74) is 2.39. The number of carbonyl (C=O) groups is 1. The van der Waals surface area contributed by atoms with Gasteiger partial charge < -0.3 is 14.1 Å². The Hall–Kier alpha value is -2.66. The molecule has 0 spiro atoms. The van der Waals surface area contributed by atoms with Gasteiger partial charge in [-0.25, -0.2) is 9.18 Å². The Balaban J connectivity index is 1.88. The lowest BCUT2D eigenvalue weighted by Crippen LogP contribution is -3.06. The van der Waals surface area contributed by atoms with Gasteiger partial charge in [0.15, 0.2) is 0 Å². The van der Waals surface area contributed by atoms with Crippen LogP contribution in [0.4, 0.5) is 4.39 Å². The number of carbonyl (C=O) groups excluding carboxylic acids is 1. The molecule has 4 nitrogen and oxygen atoms in total. The summed E-state index contributed by atoms with van der Waals surface area (Å²) >= 11 is 0. The first-order valence-electron chi connectivity index (χ1n) is 8.31. The average Bonchev–Trinajstić information content (AvgIpc) is 2.94. The number of para-hydroxylation sites is 1. The average molecular weight is 342 g/mol. The summed E-state index contributed by atoms with van der Waals surface area (Å²) in [6.07, 6.45) is 0. The van der Waals surface area contributed by atoms with Crippen LogP contribution in [0.1, 0.15) is 28.6 Å². The van der Waals surface area contributed by atoms with Crippen LogP contribution in [0.5, 0.6) is 0 Å². The fourth-order valence-corrected chi connectivity index (χ4v) is 3.00. The molecule has 0 fully saturated rings. The second-order valence-electron chi connectivity index (χ2n) is 6.07. The number of hydrogen-bond donors (Lipinski definition) is 1. The van der Waals surface area contributed by atoms with Crippen molar-refractivity contribution in [1.29, 1.82) is 0 Å². The molecular formula is C20H21FNO3+. The van der Waals surface area contributed by atoms with Gasteiger partial charge in [-0.15, -0.1) is 0 Å². The first-order valence-corrected chi connectivity index (χ1v) is 8.31. The van der Waals surface area contributed by atoms with Crippen LogP contribution in [-0.4, -0.2) is 19.6 Å². The van der Waals surface area contributed by atoms with Crippen LogP contribution in [0.25, 0.3) is 11.0 Å². The number of halogens is 1. The predicted molar refractivity (Wildman–Crippen MR) is 92.9 cm³/mol. The number of nitrogens with one attached hydrogen (secondary N) is 1. The molecule has 130 valence electrons. The molecule has 1 N–H and O–H groups in total. The highest BCUT2D eigenvalue weighted by atomic mass is 19.1. The van der Waals surface area contributed by atoms with Crippen molar-refractivity contribution in [3.05, 3.63) is 71.2 Å². The van der Waals surface area contributed by atoms with E-state index < -0.39 is 5.97 Å². The Morgan fingerprint density at radius 3 is 2.72 bits per heavy atom. The van der Waals surface area contributed by atoms with Crippen molar-refractivity contribution < 1.29 is 23.2 Å². The molecular weight excluding hydrogens is 321 g/mol. The highest BCUT2D eigenvalue weighted by molar-refractivity contribution is 5.96. The molecule has 1 unspecified atom stereocenters. The van der Waals surface area contributed by atoms with Crippen LogP contribution in [0.15, 0.2) is 52.9 Å². The number of esters is 1. The molecule has 1 aromatic heterocycles. The quantitative estimate of drug-likeness (QED) is 0.701. The maximum absolute atomic E-state index is 13.4. The lowest BCUT2D eigenvalue weighted by molar-refractivity contribution is -0.907. The summed E-state index contributed by atoms with van der Waals surface area (Å²) in [6.45, 7) is 3.27. The minimum Gasteiger partial charge on any atom is -0.460 e. The van der Waals surface area contributed by atoms with Gasteiger partial charge in [0.25, 0.3) is 0 Å². The van der Waals surface area contributed by atoms with E-state index in [0.29, 0.717) is 25.3 Å². The predicted octanol–water partition coefficient (Wildman–Crippen LogP) is 2.96. The van der Waals surface area contributed by atoms with Gasteiger partial charge in [-0.1, -0.05) is 30.3 Å². The SMILES string of the molecule is CCOC(=O)c1oc2ccccc2c1C[NH+](C)Cc1cccc(F)c1. The first kappa shape index (κ1) is 17.2. The Kier molecular flexibility index (Phi) is 5.14. The molecule has 3 aromatic rings. The zero-order chi connectivity index (χ0) is 17.8. The number of quaternary nitrogens is 1. The van der Waals surface area contributed by atoms with Crippen molar-refractivity contribution in [3.8, 4) is 0 Å². The molecule has 0 saturated carbocycles. The summed E-state index contributed by atoms with van der Waals surface area (Å²) < 4.78 is 24.2. The van der Waals surface area contributed by atoms with E-state index in [9.17, 15) is 9.18 Å². The minimum absolute atomic E-state index is 0.244. The van der Waals surface area contributed by atoms with Gasteiger partial charge in [0.05, 0.1) is 19.2 Å². The third-order valence-corrected chi connectivity index (χ3v) is 4.03. The zero-order valence-electron chi connectivity index (χ0n) is 14.3. The van der Waals surface area contributed by atoms with Gasteiger partial charge in [-0.05, 0) is 25.1 Å². The van der Waals surface area contributed by atoms with Gasteiger partial charge >= 0.3 is 5.97 Å². The van der Waals surface area contributed by atoms with E-state index in [1.54, 1.807) is 13.0 Å². The van der Waals surface area contributed by atoms with Crippen LogP contribution < -0.4 is 4.90 Å². The van der Waals surface area contributed by atoms with Crippen molar-refractivity contribution in [3.63, 3.8) is 0 Å². The third kappa shape index (κ3) is 3.88. The first-order chi connectivity index (χ1) is 12.1. The molecule has 0 aliphatic carbocycles. The molecule has 0 aliphatic heterocycles. The van der Waals surface area contributed by atoms with Gasteiger partial charge in [0.2, 0.25) is 5.76 Å². The highest BCUT2D eigenvalue weighted by Gasteiger charge is 2.24. The molecule has 0 aliphatic rings. The lowest BCUT2D eigenvalue weighted by atomic mass is 10.1. The molecule has 3 rings (SSSR count). The minimum atomic E-state index is -0.452.